The summed E-state index contributed by atoms with van der Waals surface area (Å²) in [6.45, 7) is 6.80. The molecule has 1 aliphatic heterocycles. The summed E-state index contributed by atoms with van der Waals surface area (Å²) in [4.78, 5) is 6.12. The molecule has 2 N–H and O–H groups in total. The van der Waals surface area contributed by atoms with Crippen molar-refractivity contribution in [1.29, 1.82) is 0 Å². The number of hydrogen-bond acceptors (Lipinski definition) is 2. The van der Waals surface area contributed by atoms with E-state index in [4.69, 9.17) is 0 Å². The third-order valence-corrected chi connectivity index (χ3v) is 5.20. The molecule has 0 radical (unpaired) electrons. The molecular weight excluding hydrogens is 338 g/mol. The summed E-state index contributed by atoms with van der Waals surface area (Å²) >= 11 is 3.62. The van der Waals surface area contributed by atoms with Gasteiger partial charge in [-0.25, -0.2) is 0 Å². The largest absolute Gasteiger partial charge is 0.361 e. The Morgan fingerprint density at radius 1 is 1.23 bits per heavy atom. The number of aromatic amines is 1. The van der Waals surface area contributed by atoms with E-state index < -0.39 is 0 Å². The first-order valence-corrected chi connectivity index (χ1v) is 9.30. The number of nitrogens with zero attached hydrogens (tertiary/aromatic N) is 1. The van der Waals surface area contributed by atoms with E-state index >= 15 is 0 Å². The number of aromatic nitrogens is 1. The second-order valence-corrected chi connectivity index (χ2v) is 7.15. The lowest BCUT2D eigenvalue weighted by molar-refractivity contribution is 0.164. The normalized spacial score (nSPS) is 17.9. The molecule has 2 heterocycles. The molecule has 4 heteroatoms. The van der Waals surface area contributed by atoms with Crippen molar-refractivity contribution in [3.63, 3.8) is 0 Å². The molecule has 0 spiro atoms. The number of halogens is 1. The van der Waals surface area contributed by atoms with Crippen LogP contribution < -0.4 is 5.32 Å². The molecule has 0 unspecified atom stereocenters. The summed E-state index contributed by atoms with van der Waals surface area (Å²) < 4.78 is 1.16. The Morgan fingerprint density at radius 3 is 2.82 bits per heavy atom. The molecule has 0 bridgehead atoms. The van der Waals surface area contributed by atoms with Gasteiger partial charge in [-0.15, -0.1) is 0 Å². The van der Waals surface area contributed by atoms with Crippen LogP contribution in [0.25, 0.3) is 10.9 Å². The molecule has 0 saturated carbocycles. The molecule has 2 aromatic rings. The van der Waals surface area contributed by atoms with Gasteiger partial charge in [0.05, 0.1) is 0 Å². The van der Waals surface area contributed by atoms with E-state index in [9.17, 15) is 0 Å². The highest BCUT2D eigenvalue weighted by Gasteiger charge is 2.24. The van der Waals surface area contributed by atoms with Gasteiger partial charge in [-0.1, -0.05) is 42.1 Å². The highest BCUT2D eigenvalue weighted by atomic mass is 79.9. The maximum Gasteiger partial charge on any atom is 0.0458 e. The van der Waals surface area contributed by atoms with E-state index in [0.29, 0.717) is 6.04 Å². The zero-order valence-corrected chi connectivity index (χ0v) is 15.0. The van der Waals surface area contributed by atoms with Crippen LogP contribution in [0.15, 0.2) is 28.9 Å². The van der Waals surface area contributed by atoms with E-state index in [-0.39, 0.29) is 0 Å². The fourth-order valence-electron chi connectivity index (χ4n) is 3.51. The number of hydrogen-bond donors (Lipinski definition) is 2. The van der Waals surface area contributed by atoms with Crippen molar-refractivity contribution < 1.29 is 0 Å². The van der Waals surface area contributed by atoms with Gasteiger partial charge < -0.3 is 10.3 Å². The second kappa shape index (κ2) is 7.62. The molecule has 1 fully saturated rings. The molecule has 1 aliphatic rings. The predicted molar refractivity (Wildman–Crippen MR) is 97.3 cm³/mol. The molecule has 1 aromatic carbocycles. The van der Waals surface area contributed by atoms with E-state index in [1.165, 1.54) is 42.1 Å². The topological polar surface area (TPSA) is 31.1 Å². The maximum absolute atomic E-state index is 3.62. The van der Waals surface area contributed by atoms with Gasteiger partial charge in [0, 0.05) is 53.8 Å². The Morgan fingerprint density at radius 2 is 2.05 bits per heavy atom. The zero-order valence-electron chi connectivity index (χ0n) is 13.4. The maximum atomic E-state index is 3.62. The van der Waals surface area contributed by atoms with Gasteiger partial charge in [-0.2, -0.15) is 0 Å². The molecule has 0 aliphatic carbocycles. The fourth-order valence-corrected chi connectivity index (χ4v) is 3.87. The molecule has 1 saturated heterocycles. The number of H-pyrrole nitrogens is 1. The van der Waals surface area contributed by atoms with Crippen LogP contribution in [0.3, 0.4) is 0 Å². The van der Waals surface area contributed by atoms with Gasteiger partial charge in [0.2, 0.25) is 0 Å². The van der Waals surface area contributed by atoms with E-state index in [2.05, 4.69) is 62.5 Å². The van der Waals surface area contributed by atoms with Crippen LogP contribution in [0.1, 0.15) is 44.2 Å². The molecule has 3 nitrogen and oxygen atoms in total. The highest BCUT2D eigenvalue weighted by Crippen LogP contribution is 2.33. The SMILES string of the molecule is CCCCC[C@H](c1c[nH]c2ccc(Br)cc12)N1CCNCC1. The highest BCUT2D eigenvalue weighted by molar-refractivity contribution is 9.10. The minimum atomic E-state index is 0.539. The third kappa shape index (κ3) is 3.55. The van der Waals surface area contributed by atoms with Gasteiger partial charge in [0.25, 0.3) is 0 Å². The standard InChI is InChI=1S/C18H26BrN3/c1-2-3-4-5-18(22-10-8-20-9-11-22)16-13-21-17-7-6-14(19)12-15(16)17/h6-7,12-13,18,20-21H,2-5,8-11H2,1H3/t18-/m1/s1. The molecule has 1 aromatic heterocycles. The van der Waals surface area contributed by atoms with E-state index in [0.717, 1.165) is 30.7 Å². The average Bonchev–Trinajstić information content (AvgIpc) is 2.95. The summed E-state index contributed by atoms with van der Waals surface area (Å²) in [6.07, 6.45) is 7.41. The lowest BCUT2D eigenvalue weighted by Crippen LogP contribution is -2.45. The van der Waals surface area contributed by atoms with Crippen LogP contribution in [0.5, 0.6) is 0 Å². The van der Waals surface area contributed by atoms with Gasteiger partial charge >= 0.3 is 0 Å². The van der Waals surface area contributed by atoms with Gasteiger partial charge in [-0.05, 0) is 30.2 Å². The quantitative estimate of drug-likeness (QED) is 0.742. The number of unbranched alkanes of at least 4 members (excludes halogenated alkanes) is 2. The van der Waals surface area contributed by atoms with Crippen LogP contribution in [0.2, 0.25) is 0 Å². The minimum Gasteiger partial charge on any atom is -0.361 e. The lowest BCUT2D eigenvalue weighted by Gasteiger charge is -2.35. The van der Waals surface area contributed by atoms with E-state index in [1.54, 1.807) is 0 Å². The summed E-state index contributed by atoms with van der Waals surface area (Å²) in [5.41, 5.74) is 2.71. The van der Waals surface area contributed by atoms with E-state index in [1.807, 2.05) is 0 Å². The molecule has 0 amide bonds. The minimum absolute atomic E-state index is 0.539. The van der Waals surface area contributed by atoms with Crippen molar-refractivity contribution >= 4 is 26.8 Å². The van der Waals surface area contributed by atoms with Crippen LogP contribution in [-0.4, -0.2) is 36.1 Å². The van der Waals surface area contributed by atoms with Crippen molar-refractivity contribution in [1.82, 2.24) is 15.2 Å². The monoisotopic (exact) mass is 363 g/mol. The van der Waals surface area contributed by atoms with Crippen molar-refractivity contribution in [2.45, 2.75) is 38.6 Å². The smallest absolute Gasteiger partial charge is 0.0458 e. The first-order chi connectivity index (χ1) is 10.8. The zero-order chi connectivity index (χ0) is 15.4. The number of rotatable bonds is 6. The summed E-state index contributed by atoms with van der Waals surface area (Å²) in [7, 11) is 0. The van der Waals surface area contributed by atoms with Crippen LogP contribution in [0, 0.1) is 0 Å². The summed E-state index contributed by atoms with van der Waals surface area (Å²) in [5.74, 6) is 0. The Kier molecular flexibility index (Phi) is 5.55. The van der Waals surface area contributed by atoms with Crippen LogP contribution in [0.4, 0.5) is 0 Å². The lowest BCUT2D eigenvalue weighted by atomic mass is 9.97. The molecule has 120 valence electrons. The Labute approximate surface area is 141 Å². The van der Waals surface area contributed by atoms with Gasteiger partial charge in [0.1, 0.15) is 0 Å². The molecule has 22 heavy (non-hydrogen) atoms. The Balaban J connectivity index is 1.89. The van der Waals surface area contributed by atoms with Crippen molar-refractivity contribution in [2.75, 3.05) is 26.2 Å². The van der Waals surface area contributed by atoms with Crippen molar-refractivity contribution in [3.05, 3.63) is 34.4 Å². The summed E-state index contributed by atoms with van der Waals surface area (Å²) in [5, 5.41) is 4.84. The number of nitrogens with one attached hydrogen (secondary N) is 2. The molecule has 3 rings (SSSR count). The first-order valence-electron chi connectivity index (χ1n) is 8.51. The Bertz CT molecular complexity index is 601. The number of piperazine rings is 1. The third-order valence-electron chi connectivity index (χ3n) is 4.71. The summed E-state index contributed by atoms with van der Waals surface area (Å²) in [6, 6.07) is 7.08. The van der Waals surface area contributed by atoms with Gasteiger partial charge in [0.15, 0.2) is 0 Å². The Hall–Kier alpha value is -0.840. The first kappa shape index (κ1) is 16.0. The van der Waals surface area contributed by atoms with Crippen LogP contribution in [-0.2, 0) is 0 Å². The van der Waals surface area contributed by atoms with Crippen LogP contribution >= 0.6 is 15.9 Å². The predicted octanol–water partition coefficient (Wildman–Crippen LogP) is 4.46. The number of fused-ring (bicyclic) bond motifs is 1. The van der Waals surface area contributed by atoms with Crippen molar-refractivity contribution in [2.24, 2.45) is 0 Å². The average molecular weight is 364 g/mol. The fraction of sp³-hybridized carbons (Fsp3) is 0.556. The molecular formula is C18H26BrN3. The van der Waals surface area contributed by atoms with Crippen molar-refractivity contribution in [3.8, 4) is 0 Å². The van der Waals surface area contributed by atoms with Gasteiger partial charge in [-0.3, -0.25) is 4.90 Å². The second-order valence-electron chi connectivity index (χ2n) is 6.23. The molecule has 1 atom stereocenters. The number of benzene rings is 1.